The predicted molar refractivity (Wildman–Crippen MR) is 74.6 cm³/mol. The van der Waals surface area contributed by atoms with Crippen LogP contribution < -0.4 is 0 Å². The normalized spacial score (nSPS) is 10.3. The molecule has 0 bridgehead atoms. The van der Waals surface area contributed by atoms with Crippen molar-refractivity contribution in [2.45, 2.75) is 5.76 Å². The van der Waals surface area contributed by atoms with Crippen LogP contribution in [-0.2, 0) is 0 Å². The van der Waals surface area contributed by atoms with Crippen molar-refractivity contribution in [1.29, 1.82) is 0 Å². The molecule has 0 fully saturated rings. The predicted octanol–water partition coefficient (Wildman–Crippen LogP) is 2.69. The third-order valence-corrected chi connectivity index (χ3v) is 7.60. The van der Waals surface area contributed by atoms with Gasteiger partial charge in [0.25, 0.3) is 0 Å². The van der Waals surface area contributed by atoms with Gasteiger partial charge >= 0.3 is 111 Å². The van der Waals surface area contributed by atoms with E-state index >= 15 is 0 Å². The molecule has 0 unspecified atom stereocenters. The zero-order valence-electron chi connectivity index (χ0n) is 10.2. The van der Waals surface area contributed by atoms with Gasteiger partial charge in [0.2, 0.25) is 0 Å². The third-order valence-electron chi connectivity index (χ3n) is 2.90. The molecule has 2 aromatic rings. The molecule has 2 rings (SSSR count). The fourth-order valence-corrected chi connectivity index (χ4v) is 5.23. The van der Waals surface area contributed by atoms with E-state index in [1.807, 2.05) is 42.2 Å². The van der Waals surface area contributed by atoms with Crippen molar-refractivity contribution in [2.75, 3.05) is 0 Å². The molecule has 18 heavy (non-hydrogen) atoms. The van der Waals surface area contributed by atoms with E-state index < -0.39 is 14.3 Å². The molecular weight excluding hydrogens is 285 g/mol. The van der Waals surface area contributed by atoms with E-state index in [1.165, 1.54) is 0 Å². The van der Waals surface area contributed by atoms with E-state index in [0.717, 1.165) is 0 Å². The molecule has 0 aliphatic rings. The van der Waals surface area contributed by atoms with E-state index in [-0.39, 0.29) is 9.23 Å². The van der Waals surface area contributed by atoms with E-state index in [2.05, 4.69) is 0 Å². The SMILES string of the molecule is [CH3][GeH]([C](=O)c1ccccc1)[C](=O)c1ccccc1. The van der Waals surface area contributed by atoms with Crippen molar-refractivity contribution in [2.24, 2.45) is 0 Å². The van der Waals surface area contributed by atoms with Gasteiger partial charge in [-0.25, -0.2) is 0 Å². The second kappa shape index (κ2) is 5.78. The van der Waals surface area contributed by atoms with E-state index in [4.69, 9.17) is 0 Å². The maximum absolute atomic E-state index is 12.2. The first-order valence-electron chi connectivity index (χ1n) is 5.88. The van der Waals surface area contributed by atoms with E-state index in [9.17, 15) is 9.59 Å². The monoisotopic (exact) mass is 300 g/mol. The standard InChI is InChI=1S/C15H14GeO2/c1-16(14(17)12-8-4-2-5-9-12)15(18)13-10-6-3-7-11-13/h2-11,16H,1H3. The van der Waals surface area contributed by atoms with Crippen LogP contribution in [0, 0.1) is 0 Å². The van der Waals surface area contributed by atoms with Crippen LogP contribution in [0.3, 0.4) is 0 Å². The minimum atomic E-state index is -2.64. The average Bonchev–Trinajstić information content (AvgIpc) is 2.47. The number of hydrogen-bond donors (Lipinski definition) is 0. The Bertz CT molecular complexity index is 498. The van der Waals surface area contributed by atoms with Crippen molar-refractivity contribution >= 4 is 23.6 Å². The summed E-state index contributed by atoms with van der Waals surface area (Å²) in [6.45, 7) is 0. The van der Waals surface area contributed by atoms with Gasteiger partial charge in [-0.05, 0) is 0 Å². The topological polar surface area (TPSA) is 34.1 Å². The van der Waals surface area contributed by atoms with Gasteiger partial charge in [0.1, 0.15) is 0 Å². The molecule has 0 saturated carbocycles. The zero-order chi connectivity index (χ0) is 13.0. The molecule has 0 amide bonds. The van der Waals surface area contributed by atoms with Gasteiger partial charge in [0, 0.05) is 0 Å². The Labute approximate surface area is 111 Å². The van der Waals surface area contributed by atoms with Gasteiger partial charge in [-0.3, -0.25) is 0 Å². The van der Waals surface area contributed by atoms with Crippen molar-refractivity contribution < 1.29 is 9.59 Å². The van der Waals surface area contributed by atoms with Crippen LogP contribution in [0.2, 0.25) is 5.76 Å². The first-order chi connectivity index (χ1) is 8.70. The second-order valence-electron chi connectivity index (χ2n) is 4.18. The van der Waals surface area contributed by atoms with Crippen molar-refractivity contribution in [3.05, 3.63) is 71.8 Å². The van der Waals surface area contributed by atoms with Crippen LogP contribution in [0.25, 0.3) is 0 Å². The van der Waals surface area contributed by atoms with Gasteiger partial charge in [-0.1, -0.05) is 0 Å². The van der Waals surface area contributed by atoms with Crippen LogP contribution in [0.4, 0.5) is 0 Å². The Morgan fingerprint density at radius 3 is 1.39 bits per heavy atom. The summed E-state index contributed by atoms with van der Waals surface area (Å²) < 4.78 is 0.105. The molecule has 3 heteroatoms. The number of rotatable bonds is 4. The molecule has 0 N–H and O–H groups in total. The molecule has 0 spiro atoms. The molecule has 0 radical (unpaired) electrons. The molecule has 0 atom stereocenters. The molecule has 0 heterocycles. The number of benzene rings is 2. The van der Waals surface area contributed by atoms with Gasteiger partial charge in [0.15, 0.2) is 0 Å². The quantitative estimate of drug-likeness (QED) is 0.813. The first-order valence-corrected chi connectivity index (χ1v) is 10.7. The van der Waals surface area contributed by atoms with Gasteiger partial charge in [-0.15, -0.1) is 0 Å². The van der Waals surface area contributed by atoms with Crippen LogP contribution in [0.15, 0.2) is 60.7 Å². The van der Waals surface area contributed by atoms with Crippen molar-refractivity contribution in [3.8, 4) is 0 Å². The van der Waals surface area contributed by atoms with Crippen molar-refractivity contribution in [3.63, 3.8) is 0 Å². The summed E-state index contributed by atoms with van der Waals surface area (Å²) in [4.78, 5) is 24.4. The second-order valence-corrected chi connectivity index (χ2v) is 9.41. The first kappa shape index (κ1) is 12.8. The zero-order valence-corrected chi connectivity index (χ0v) is 12.6. The summed E-state index contributed by atoms with van der Waals surface area (Å²) in [6.07, 6.45) is 0. The van der Waals surface area contributed by atoms with Gasteiger partial charge in [-0.2, -0.15) is 0 Å². The van der Waals surface area contributed by atoms with Crippen molar-refractivity contribution in [1.82, 2.24) is 0 Å². The Hall–Kier alpha value is -1.68. The summed E-state index contributed by atoms with van der Waals surface area (Å²) >= 11 is -2.64. The van der Waals surface area contributed by atoms with E-state index in [0.29, 0.717) is 11.1 Å². The minimum absolute atomic E-state index is 0.0527. The third kappa shape index (κ3) is 2.76. The summed E-state index contributed by atoms with van der Waals surface area (Å²) in [7, 11) is 0. The molecule has 0 saturated heterocycles. The Balaban J connectivity index is 2.20. The van der Waals surface area contributed by atoms with Gasteiger partial charge < -0.3 is 0 Å². The van der Waals surface area contributed by atoms with Crippen LogP contribution >= 0.6 is 0 Å². The molecule has 0 aliphatic carbocycles. The Morgan fingerprint density at radius 1 is 0.722 bits per heavy atom. The molecule has 0 aromatic heterocycles. The number of hydrogen-bond acceptors (Lipinski definition) is 2. The summed E-state index contributed by atoms with van der Waals surface area (Å²) in [5.41, 5.74) is 1.32. The summed E-state index contributed by atoms with van der Waals surface area (Å²) in [5.74, 6) is 1.84. The van der Waals surface area contributed by atoms with Crippen LogP contribution in [-0.4, -0.2) is 23.6 Å². The molecule has 2 aromatic carbocycles. The molecular formula is C15H14GeO2. The van der Waals surface area contributed by atoms with Crippen LogP contribution in [0.1, 0.15) is 20.7 Å². The van der Waals surface area contributed by atoms with E-state index in [1.54, 1.807) is 24.3 Å². The number of carbonyl (C=O) groups excluding carboxylic acids is 2. The molecule has 2 nitrogen and oxygen atoms in total. The Morgan fingerprint density at radius 2 is 1.06 bits per heavy atom. The van der Waals surface area contributed by atoms with Gasteiger partial charge in [0.05, 0.1) is 0 Å². The maximum atomic E-state index is 12.2. The average molecular weight is 299 g/mol. The number of carbonyl (C=O) groups is 2. The fourth-order valence-electron chi connectivity index (χ4n) is 1.82. The van der Waals surface area contributed by atoms with Crippen LogP contribution in [0.5, 0.6) is 0 Å². The molecule has 0 aliphatic heterocycles. The summed E-state index contributed by atoms with van der Waals surface area (Å²) in [5, 5.41) is 0. The Kier molecular flexibility index (Phi) is 4.10. The summed E-state index contributed by atoms with van der Waals surface area (Å²) in [6, 6.07) is 18.2. The fraction of sp³-hybridized carbons (Fsp3) is 0.0667. The molecule has 90 valence electrons.